The van der Waals surface area contributed by atoms with Crippen LogP contribution in [0.25, 0.3) is 0 Å². The van der Waals surface area contributed by atoms with E-state index in [1.165, 1.54) is 13.2 Å². The molecule has 0 amide bonds. The van der Waals surface area contributed by atoms with E-state index in [4.69, 9.17) is 9.47 Å². The van der Waals surface area contributed by atoms with Gasteiger partial charge in [-0.2, -0.15) is 0 Å². The predicted molar refractivity (Wildman–Crippen MR) is 78.7 cm³/mol. The average Bonchev–Trinajstić information content (AvgIpc) is 2.54. The third-order valence-corrected chi connectivity index (χ3v) is 3.67. The molecule has 1 atom stereocenters. The molecular formula is C17H14O5. The van der Waals surface area contributed by atoms with Gasteiger partial charge in [-0.1, -0.05) is 18.2 Å². The number of carboxylic acid groups (broad SMARTS) is 1. The number of aromatic carboxylic acids is 1. The quantitative estimate of drug-likeness (QED) is 0.942. The fourth-order valence-electron chi connectivity index (χ4n) is 2.58. The Balaban J connectivity index is 2.02. The van der Waals surface area contributed by atoms with Gasteiger partial charge in [0.05, 0.1) is 24.7 Å². The first-order valence-corrected chi connectivity index (χ1v) is 6.80. The molecule has 2 aromatic carbocycles. The summed E-state index contributed by atoms with van der Waals surface area (Å²) in [6, 6.07) is 11.6. The number of ether oxygens (including phenoxy) is 2. The van der Waals surface area contributed by atoms with E-state index >= 15 is 0 Å². The maximum atomic E-state index is 12.3. The van der Waals surface area contributed by atoms with Gasteiger partial charge >= 0.3 is 5.97 Å². The molecule has 0 saturated heterocycles. The fraction of sp³-hybridized carbons (Fsp3) is 0.176. The molecule has 3 rings (SSSR count). The first kappa shape index (κ1) is 14.1. The first-order valence-electron chi connectivity index (χ1n) is 6.80. The van der Waals surface area contributed by atoms with Crippen LogP contribution in [0.3, 0.4) is 0 Å². The molecule has 0 spiro atoms. The molecule has 1 N–H and O–H groups in total. The van der Waals surface area contributed by atoms with Gasteiger partial charge in [0.2, 0.25) is 0 Å². The van der Waals surface area contributed by atoms with Crippen molar-refractivity contribution in [3.63, 3.8) is 0 Å². The molecule has 0 aliphatic carbocycles. The van der Waals surface area contributed by atoms with Crippen LogP contribution in [0.2, 0.25) is 0 Å². The van der Waals surface area contributed by atoms with Crippen molar-refractivity contribution in [1.82, 2.24) is 0 Å². The summed E-state index contributed by atoms with van der Waals surface area (Å²) in [5.74, 6) is -0.114. The van der Waals surface area contributed by atoms with E-state index in [1.807, 2.05) is 0 Å². The Kier molecular flexibility index (Phi) is 3.55. The van der Waals surface area contributed by atoms with Crippen LogP contribution in [0, 0.1) is 0 Å². The standard InChI is InChI=1S/C17H14O5/c1-21-10-6-7-13-14(18)9-16(22-15(13)8-10)11-4-2-3-5-12(11)17(19)20/h2-8,16H,9H2,1H3,(H,19,20). The van der Waals surface area contributed by atoms with Crippen molar-refractivity contribution in [1.29, 1.82) is 0 Å². The summed E-state index contributed by atoms with van der Waals surface area (Å²) < 4.78 is 11.0. The van der Waals surface area contributed by atoms with Crippen LogP contribution in [0.15, 0.2) is 42.5 Å². The van der Waals surface area contributed by atoms with Gasteiger partial charge in [-0.25, -0.2) is 4.79 Å². The van der Waals surface area contributed by atoms with Gasteiger partial charge in [0.15, 0.2) is 5.78 Å². The van der Waals surface area contributed by atoms with Crippen molar-refractivity contribution in [2.45, 2.75) is 12.5 Å². The fourth-order valence-corrected chi connectivity index (χ4v) is 2.58. The Morgan fingerprint density at radius 1 is 1.27 bits per heavy atom. The van der Waals surface area contributed by atoms with Crippen LogP contribution < -0.4 is 9.47 Å². The number of ketones is 1. The third-order valence-electron chi connectivity index (χ3n) is 3.67. The van der Waals surface area contributed by atoms with Crippen LogP contribution >= 0.6 is 0 Å². The minimum absolute atomic E-state index is 0.0749. The molecule has 2 aromatic rings. The summed E-state index contributed by atoms with van der Waals surface area (Å²) in [6.45, 7) is 0. The smallest absolute Gasteiger partial charge is 0.336 e. The highest BCUT2D eigenvalue weighted by atomic mass is 16.5. The molecule has 0 bridgehead atoms. The van der Waals surface area contributed by atoms with E-state index in [0.29, 0.717) is 22.6 Å². The van der Waals surface area contributed by atoms with E-state index in [9.17, 15) is 14.7 Å². The number of carbonyl (C=O) groups is 2. The normalized spacial score (nSPS) is 16.6. The summed E-state index contributed by atoms with van der Waals surface area (Å²) in [4.78, 5) is 23.6. The number of hydrogen-bond acceptors (Lipinski definition) is 4. The lowest BCUT2D eigenvalue weighted by molar-refractivity contribution is 0.0682. The third kappa shape index (κ3) is 2.41. The van der Waals surface area contributed by atoms with Gasteiger partial charge in [-0.15, -0.1) is 0 Å². The van der Waals surface area contributed by atoms with E-state index in [0.717, 1.165) is 0 Å². The number of fused-ring (bicyclic) bond motifs is 1. The molecule has 0 radical (unpaired) electrons. The predicted octanol–water partition coefficient (Wildman–Crippen LogP) is 3.10. The number of rotatable bonds is 3. The highest BCUT2D eigenvalue weighted by molar-refractivity contribution is 6.00. The van der Waals surface area contributed by atoms with Crippen LogP contribution in [0.4, 0.5) is 0 Å². The molecule has 1 aliphatic heterocycles. The lowest BCUT2D eigenvalue weighted by Crippen LogP contribution is -2.22. The molecule has 1 unspecified atom stereocenters. The number of Topliss-reactive ketones (excluding diaryl/α,β-unsaturated/α-hetero) is 1. The maximum Gasteiger partial charge on any atom is 0.336 e. The highest BCUT2D eigenvalue weighted by Crippen LogP contribution is 2.37. The number of carbonyl (C=O) groups excluding carboxylic acids is 1. The summed E-state index contributed by atoms with van der Waals surface area (Å²) in [5, 5.41) is 9.28. The maximum absolute atomic E-state index is 12.3. The zero-order chi connectivity index (χ0) is 15.7. The van der Waals surface area contributed by atoms with Gasteiger partial charge in [0.1, 0.15) is 17.6 Å². The zero-order valence-electron chi connectivity index (χ0n) is 11.9. The SMILES string of the molecule is COc1ccc2c(c1)OC(c1ccccc1C(=O)O)CC2=O. The first-order chi connectivity index (χ1) is 10.6. The Morgan fingerprint density at radius 2 is 2.05 bits per heavy atom. The molecule has 0 saturated carbocycles. The Morgan fingerprint density at radius 3 is 2.77 bits per heavy atom. The molecule has 0 aromatic heterocycles. The van der Waals surface area contributed by atoms with Crippen molar-refractivity contribution in [3.8, 4) is 11.5 Å². The van der Waals surface area contributed by atoms with E-state index < -0.39 is 12.1 Å². The number of benzene rings is 2. The Labute approximate surface area is 127 Å². The van der Waals surface area contributed by atoms with Gasteiger partial charge < -0.3 is 14.6 Å². The van der Waals surface area contributed by atoms with Crippen molar-refractivity contribution in [3.05, 3.63) is 59.2 Å². The molecular weight excluding hydrogens is 284 g/mol. The van der Waals surface area contributed by atoms with Gasteiger partial charge in [-0.3, -0.25) is 4.79 Å². The van der Waals surface area contributed by atoms with Crippen molar-refractivity contribution < 1.29 is 24.2 Å². The van der Waals surface area contributed by atoms with Crippen LogP contribution in [0.1, 0.15) is 38.8 Å². The van der Waals surface area contributed by atoms with E-state index in [-0.39, 0.29) is 17.8 Å². The molecule has 1 aliphatic rings. The summed E-state index contributed by atoms with van der Waals surface area (Å²) in [7, 11) is 1.53. The highest BCUT2D eigenvalue weighted by Gasteiger charge is 2.30. The number of methoxy groups -OCH3 is 1. The summed E-state index contributed by atoms with van der Waals surface area (Å²) in [6.07, 6.45) is -0.497. The molecule has 5 heteroatoms. The molecule has 22 heavy (non-hydrogen) atoms. The molecule has 112 valence electrons. The van der Waals surface area contributed by atoms with Crippen LogP contribution in [-0.2, 0) is 0 Å². The van der Waals surface area contributed by atoms with Gasteiger partial charge in [-0.05, 0) is 18.2 Å². The lowest BCUT2D eigenvalue weighted by atomic mass is 9.93. The Hall–Kier alpha value is -2.82. The summed E-state index contributed by atoms with van der Waals surface area (Å²) >= 11 is 0. The molecule has 0 fully saturated rings. The van der Waals surface area contributed by atoms with E-state index in [1.54, 1.807) is 36.4 Å². The second kappa shape index (κ2) is 5.52. The molecule has 1 heterocycles. The minimum Gasteiger partial charge on any atom is -0.497 e. The Bertz CT molecular complexity index is 750. The van der Waals surface area contributed by atoms with Gasteiger partial charge in [0.25, 0.3) is 0 Å². The van der Waals surface area contributed by atoms with Crippen molar-refractivity contribution in [2.75, 3.05) is 7.11 Å². The monoisotopic (exact) mass is 298 g/mol. The number of hydrogen-bond donors (Lipinski definition) is 1. The number of carboxylic acids is 1. The second-order valence-corrected chi connectivity index (χ2v) is 4.99. The van der Waals surface area contributed by atoms with Crippen LogP contribution in [0.5, 0.6) is 11.5 Å². The largest absolute Gasteiger partial charge is 0.497 e. The summed E-state index contributed by atoms with van der Waals surface area (Å²) in [5.41, 5.74) is 1.13. The lowest BCUT2D eigenvalue weighted by Gasteiger charge is -2.26. The topological polar surface area (TPSA) is 72.8 Å². The second-order valence-electron chi connectivity index (χ2n) is 4.99. The molecule has 5 nitrogen and oxygen atoms in total. The van der Waals surface area contributed by atoms with E-state index in [2.05, 4.69) is 0 Å². The van der Waals surface area contributed by atoms with Crippen LogP contribution in [-0.4, -0.2) is 24.0 Å². The van der Waals surface area contributed by atoms with Crippen molar-refractivity contribution in [2.24, 2.45) is 0 Å². The minimum atomic E-state index is -1.04. The average molecular weight is 298 g/mol. The van der Waals surface area contributed by atoms with Gasteiger partial charge in [0, 0.05) is 11.6 Å². The van der Waals surface area contributed by atoms with Crippen molar-refractivity contribution >= 4 is 11.8 Å². The zero-order valence-corrected chi connectivity index (χ0v) is 11.9.